The summed E-state index contributed by atoms with van der Waals surface area (Å²) in [4.78, 5) is 17.2. The van der Waals surface area contributed by atoms with Crippen LogP contribution in [0.2, 0.25) is 0 Å². The zero-order valence-electron chi connectivity index (χ0n) is 18.3. The highest BCUT2D eigenvalue weighted by atomic mass is 32.2. The Morgan fingerprint density at radius 3 is 2.78 bits per heavy atom. The SMILES string of the molecule is COc1cc(-n2ccnc(SCCc3ccccc3F)c2=O)ccc1OCC(C)C1CC1. The molecule has 0 N–H and O–H groups in total. The second-order valence-corrected chi connectivity index (χ2v) is 9.14. The van der Waals surface area contributed by atoms with Crippen molar-refractivity contribution >= 4 is 11.8 Å². The molecule has 4 rings (SSSR count). The number of ether oxygens (including phenoxy) is 2. The third kappa shape index (κ3) is 5.33. The minimum Gasteiger partial charge on any atom is -0.493 e. The number of aryl methyl sites for hydroxylation is 1. The molecule has 1 fully saturated rings. The van der Waals surface area contributed by atoms with Crippen molar-refractivity contribution in [3.05, 3.63) is 76.6 Å². The number of thioether (sulfide) groups is 1. The summed E-state index contributed by atoms with van der Waals surface area (Å²) >= 11 is 1.33. The summed E-state index contributed by atoms with van der Waals surface area (Å²) in [6.07, 6.45) is 6.32. The standard InChI is InChI=1S/C25H27FN2O3S/c1-17(18-7-8-18)16-31-22-10-9-20(15-23(22)30-2)28-13-12-27-24(25(28)29)32-14-11-19-5-3-4-6-21(19)26/h3-6,9-10,12-13,15,17-18H,7-8,11,14,16H2,1-2H3. The third-order valence-electron chi connectivity index (χ3n) is 5.73. The van der Waals surface area contributed by atoms with Gasteiger partial charge in [0.2, 0.25) is 0 Å². The van der Waals surface area contributed by atoms with Gasteiger partial charge < -0.3 is 9.47 Å². The Hall–Kier alpha value is -2.80. The largest absolute Gasteiger partial charge is 0.493 e. The molecule has 5 nitrogen and oxygen atoms in total. The van der Waals surface area contributed by atoms with Gasteiger partial charge in [-0.25, -0.2) is 9.37 Å². The fourth-order valence-electron chi connectivity index (χ4n) is 3.60. The topological polar surface area (TPSA) is 53.4 Å². The summed E-state index contributed by atoms with van der Waals surface area (Å²) in [6, 6.07) is 12.2. The molecule has 0 saturated heterocycles. The van der Waals surface area contributed by atoms with E-state index in [1.54, 1.807) is 37.7 Å². The van der Waals surface area contributed by atoms with Gasteiger partial charge >= 0.3 is 0 Å². The number of rotatable bonds is 10. The maximum atomic E-state index is 13.8. The van der Waals surface area contributed by atoms with Crippen molar-refractivity contribution in [3.63, 3.8) is 0 Å². The van der Waals surface area contributed by atoms with Crippen molar-refractivity contribution in [1.29, 1.82) is 0 Å². The number of aromatic nitrogens is 2. The summed E-state index contributed by atoms with van der Waals surface area (Å²) in [5.41, 5.74) is 1.09. The zero-order chi connectivity index (χ0) is 22.5. The van der Waals surface area contributed by atoms with Crippen LogP contribution < -0.4 is 15.0 Å². The lowest BCUT2D eigenvalue weighted by Crippen LogP contribution is -2.20. The Labute approximate surface area is 191 Å². The normalized spacial score (nSPS) is 14.2. The first-order chi connectivity index (χ1) is 15.6. The minimum absolute atomic E-state index is 0.218. The molecule has 2 aromatic carbocycles. The maximum absolute atomic E-state index is 13.8. The smallest absolute Gasteiger partial charge is 0.287 e. The molecule has 0 bridgehead atoms. The van der Waals surface area contributed by atoms with Crippen LogP contribution in [-0.2, 0) is 6.42 Å². The van der Waals surface area contributed by atoms with Crippen LogP contribution in [0.25, 0.3) is 5.69 Å². The minimum atomic E-state index is -0.229. The Bertz CT molecular complexity index is 1130. The van der Waals surface area contributed by atoms with E-state index in [4.69, 9.17) is 9.47 Å². The van der Waals surface area contributed by atoms with Gasteiger partial charge in [-0.05, 0) is 54.9 Å². The average Bonchev–Trinajstić information content (AvgIpc) is 3.65. The lowest BCUT2D eigenvalue weighted by atomic mass is 10.1. The Morgan fingerprint density at radius 2 is 2.03 bits per heavy atom. The molecule has 0 radical (unpaired) electrons. The molecule has 1 aliphatic carbocycles. The molecule has 1 unspecified atom stereocenters. The molecule has 1 aromatic heterocycles. The van der Waals surface area contributed by atoms with E-state index >= 15 is 0 Å². The van der Waals surface area contributed by atoms with E-state index in [-0.39, 0.29) is 11.4 Å². The van der Waals surface area contributed by atoms with Crippen molar-refractivity contribution in [2.75, 3.05) is 19.5 Å². The van der Waals surface area contributed by atoms with E-state index in [1.165, 1.54) is 35.2 Å². The summed E-state index contributed by atoms with van der Waals surface area (Å²) < 4.78 is 26.8. The van der Waals surface area contributed by atoms with Crippen LogP contribution in [0.15, 0.2) is 64.7 Å². The fourth-order valence-corrected chi connectivity index (χ4v) is 4.48. The van der Waals surface area contributed by atoms with Crippen molar-refractivity contribution in [1.82, 2.24) is 9.55 Å². The summed E-state index contributed by atoms with van der Waals surface area (Å²) in [5, 5.41) is 0.376. The molecule has 1 heterocycles. The van der Waals surface area contributed by atoms with E-state index in [0.29, 0.717) is 52.5 Å². The van der Waals surface area contributed by atoms with E-state index in [1.807, 2.05) is 18.2 Å². The van der Waals surface area contributed by atoms with Gasteiger partial charge in [0.25, 0.3) is 5.56 Å². The zero-order valence-corrected chi connectivity index (χ0v) is 19.1. The number of nitrogens with zero attached hydrogens (tertiary/aromatic N) is 2. The molecule has 1 saturated carbocycles. The first-order valence-electron chi connectivity index (χ1n) is 10.8. The van der Waals surface area contributed by atoms with Crippen LogP contribution in [0.1, 0.15) is 25.3 Å². The second kappa shape index (κ2) is 10.2. The van der Waals surface area contributed by atoms with Gasteiger partial charge in [0.1, 0.15) is 5.82 Å². The highest BCUT2D eigenvalue weighted by Crippen LogP contribution is 2.37. The van der Waals surface area contributed by atoms with Gasteiger partial charge in [0.05, 0.1) is 19.4 Å². The second-order valence-electron chi connectivity index (χ2n) is 8.06. The molecule has 168 valence electrons. The quantitative estimate of drug-likeness (QED) is 0.397. The van der Waals surface area contributed by atoms with Crippen LogP contribution in [0.3, 0.4) is 0 Å². The lowest BCUT2D eigenvalue weighted by molar-refractivity contribution is 0.234. The highest BCUT2D eigenvalue weighted by molar-refractivity contribution is 7.99. The van der Waals surface area contributed by atoms with Gasteiger partial charge in [-0.1, -0.05) is 25.1 Å². The molecule has 0 aliphatic heterocycles. The van der Waals surface area contributed by atoms with Crippen molar-refractivity contribution in [2.24, 2.45) is 11.8 Å². The first-order valence-corrected chi connectivity index (χ1v) is 11.8. The van der Waals surface area contributed by atoms with Gasteiger partial charge in [-0.2, -0.15) is 0 Å². The predicted octanol–water partition coefficient (Wildman–Crippen LogP) is 5.14. The van der Waals surface area contributed by atoms with Crippen LogP contribution in [0.4, 0.5) is 4.39 Å². The van der Waals surface area contributed by atoms with Crippen LogP contribution in [0, 0.1) is 17.7 Å². The number of hydrogen-bond donors (Lipinski definition) is 0. The van der Waals surface area contributed by atoms with E-state index in [0.717, 1.165) is 5.92 Å². The predicted molar refractivity (Wildman–Crippen MR) is 125 cm³/mol. The highest BCUT2D eigenvalue weighted by Gasteiger charge is 2.28. The maximum Gasteiger partial charge on any atom is 0.287 e. The lowest BCUT2D eigenvalue weighted by Gasteiger charge is -2.16. The first kappa shape index (κ1) is 22.4. The number of benzene rings is 2. The Kier molecular flexibility index (Phi) is 7.15. The average molecular weight is 455 g/mol. The van der Waals surface area contributed by atoms with Gasteiger partial charge in [-0.15, -0.1) is 11.8 Å². The molecule has 1 atom stereocenters. The molecule has 3 aromatic rings. The van der Waals surface area contributed by atoms with Gasteiger partial charge in [0, 0.05) is 24.2 Å². The molecule has 0 spiro atoms. The molecule has 32 heavy (non-hydrogen) atoms. The van der Waals surface area contributed by atoms with E-state index in [9.17, 15) is 9.18 Å². The number of methoxy groups -OCH3 is 1. The fraction of sp³-hybridized carbons (Fsp3) is 0.360. The number of hydrogen-bond acceptors (Lipinski definition) is 5. The molecule has 1 aliphatic rings. The van der Waals surface area contributed by atoms with Crippen molar-refractivity contribution in [2.45, 2.75) is 31.2 Å². The molecule has 7 heteroatoms. The van der Waals surface area contributed by atoms with Crippen molar-refractivity contribution in [3.8, 4) is 17.2 Å². The van der Waals surface area contributed by atoms with Gasteiger partial charge in [-0.3, -0.25) is 9.36 Å². The summed E-state index contributed by atoms with van der Waals surface area (Å²) in [7, 11) is 1.59. The third-order valence-corrected chi connectivity index (χ3v) is 6.69. The Balaban J connectivity index is 1.47. The van der Waals surface area contributed by atoms with Crippen LogP contribution in [-0.4, -0.2) is 29.0 Å². The Morgan fingerprint density at radius 1 is 1.22 bits per heavy atom. The van der Waals surface area contributed by atoms with Crippen LogP contribution in [0.5, 0.6) is 11.5 Å². The van der Waals surface area contributed by atoms with E-state index < -0.39 is 0 Å². The molecule has 0 amide bonds. The van der Waals surface area contributed by atoms with Gasteiger partial charge in [0.15, 0.2) is 16.5 Å². The monoisotopic (exact) mass is 454 g/mol. The van der Waals surface area contributed by atoms with Crippen LogP contribution >= 0.6 is 11.8 Å². The summed E-state index contributed by atoms with van der Waals surface area (Å²) in [5.74, 6) is 2.87. The van der Waals surface area contributed by atoms with E-state index in [2.05, 4.69) is 11.9 Å². The van der Waals surface area contributed by atoms with Crippen molar-refractivity contribution < 1.29 is 13.9 Å². The molecular weight excluding hydrogens is 427 g/mol. The number of halogens is 1. The molecular formula is C25H27FN2O3S. The summed E-state index contributed by atoms with van der Waals surface area (Å²) in [6.45, 7) is 2.86.